The normalized spacial score (nSPS) is 17.7. The molecule has 1 aromatic carbocycles. The Balaban J connectivity index is 2.30. The highest BCUT2D eigenvalue weighted by Crippen LogP contribution is 2.33. The Morgan fingerprint density at radius 3 is 2.30 bits per heavy atom. The summed E-state index contributed by atoms with van der Waals surface area (Å²) in [5, 5.41) is 0. The van der Waals surface area contributed by atoms with Gasteiger partial charge in [0, 0.05) is 13.1 Å². The lowest BCUT2D eigenvalue weighted by molar-refractivity contribution is -0.170. The molecular formula is C15H19NO4. The molecule has 5 nitrogen and oxygen atoms in total. The molecule has 1 fully saturated rings. The summed E-state index contributed by atoms with van der Waals surface area (Å²) in [4.78, 5) is 26.2. The second kappa shape index (κ2) is 6.05. The molecule has 0 atom stereocenters. The number of hydrogen-bond donors (Lipinski definition) is 0. The van der Waals surface area contributed by atoms with E-state index in [1.54, 1.807) is 0 Å². The average Bonchev–Trinajstić information content (AvgIpc) is 2.91. The molecule has 0 aromatic heterocycles. The monoisotopic (exact) mass is 277 g/mol. The summed E-state index contributed by atoms with van der Waals surface area (Å²) in [6, 6.07) is 9.74. The number of nitrogens with zero attached hydrogens (tertiary/aromatic N) is 1. The zero-order valence-electron chi connectivity index (χ0n) is 11.8. The van der Waals surface area contributed by atoms with E-state index >= 15 is 0 Å². The molecule has 0 amide bonds. The maximum Gasteiger partial charge on any atom is 0.338 e. The average molecular weight is 277 g/mol. The lowest BCUT2D eigenvalue weighted by Crippen LogP contribution is -2.57. The maximum absolute atomic E-state index is 12.2. The molecule has 1 saturated heterocycles. The van der Waals surface area contributed by atoms with Gasteiger partial charge in [-0.05, 0) is 18.4 Å². The van der Waals surface area contributed by atoms with Gasteiger partial charge in [0.05, 0.1) is 14.2 Å². The molecule has 0 N–H and O–H groups in total. The van der Waals surface area contributed by atoms with Crippen LogP contribution < -0.4 is 0 Å². The Hall–Kier alpha value is -1.88. The van der Waals surface area contributed by atoms with E-state index in [0.717, 1.165) is 12.0 Å². The fourth-order valence-electron chi connectivity index (χ4n) is 2.78. The van der Waals surface area contributed by atoms with E-state index in [1.165, 1.54) is 14.2 Å². The molecule has 1 aromatic rings. The van der Waals surface area contributed by atoms with Gasteiger partial charge in [0.2, 0.25) is 5.54 Å². The predicted molar refractivity (Wildman–Crippen MR) is 72.8 cm³/mol. The van der Waals surface area contributed by atoms with E-state index in [2.05, 4.69) is 0 Å². The minimum Gasteiger partial charge on any atom is -0.467 e. The molecule has 0 bridgehead atoms. The standard InChI is InChI=1S/C15H19NO4/c1-19-13(17)15(14(18)20-2)9-6-10-16(15)11-12-7-4-3-5-8-12/h3-5,7-8H,6,9-11H2,1-2H3. The van der Waals surface area contributed by atoms with Gasteiger partial charge in [-0.15, -0.1) is 0 Å². The summed E-state index contributed by atoms with van der Waals surface area (Å²) in [6.07, 6.45) is 1.19. The van der Waals surface area contributed by atoms with E-state index in [4.69, 9.17) is 9.47 Å². The zero-order valence-corrected chi connectivity index (χ0v) is 11.8. The highest BCUT2D eigenvalue weighted by molar-refractivity contribution is 6.05. The zero-order chi connectivity index (χ0) is 14.6. The molecule has 0 saturated carbocycles. The van der Waals surface area contributed by atoms with E-state index in [1.807, 2.05) is 35.2 Å². The summed E-state index contributed by atoms with van der Waals surface area (Å²) < 4.78 is 9.69. The van der Waals surface area contributed by atoms with Gasteiger partial charge in [-0.3, -0.25) is 4.90 Å². The smallest absolute Gasteiger partial charge is 0.338 e. The summed E-state index contributed by atoms with van der Waals surface area (Å²) in [5.74, 6) is -1.09. The SMILES string of the molecule is COC(=O)C1(C(=O)OC)CCCN1Cc1ccccc1. The van der Waals surface area contributed by atoms with Crippen LogP contribution in [0.2, 0.25) is 0 Å². The molecule has 0 radical (unpaired) electrons. The Labute approximate surface area is 118 Å². The topological polar surface area (TPSA) is 55.8 Å². The van der Waals surface area contributed by atoms with Crippen LogP contribution in [0.3, 0.4) is 0 Å². The van der Waals surface area contributed by atoms with Gasteiger partial charge in [0.25, 0.3) is 0 Å². The van der Waals surface area contributed by atoms with Gasteiger partial charge >= 0.3 is 11.9 Å². The molecule has 1 aliphatic rings. The first kappa shape index (κ1) is 14.5. The molecule has 2 rings (SSSR count). The number of benzene rings is 1. The first-order valence-electron chi connectivity index (χ1n) is 6.61. The largest absolute Gasteiger partial charge is 0.467 e. The van der Waals surface area contributed by atoms with Crippen LogP contribution in [0.5, 0.6) is 0 Å². The van der Waals surface area contributed by atoms with Crippen LogP contribution in [0.25, 0.3) is 0 Å². The van der Waals surface area contributed by atoms with Crippen molar-refractivity contribution in [2.24, 2.45) is 0 Å². The second-order valence-electron chi connectivity index (χ2n) is 4.85. The van der Waals surface area contributed by atoms with Crippen molar-refractivity contribution < 1.29 is 19.1 Å². The molecule has 1 heterocycles. The van der Waals surface area contributed by atoms with Crippen molar-refractivity contribution in [2.75, 3.05) is 20.8 Å². The molecule has 0 spiro atoms. The minimum absolute atomic E-state index is 0.430. The molecule has 0 aliphatic carbocycles. The van der Waals surface area contributed by atoms with Gasteiger partial charge in [0.1, 0.15) is 0 Å². The van der Waals surface area contributed by atoms with E-state index in [9.17, 15) is 9.59 Å². The third-order valence-corrected chi connectivity index (χ3v) is 3.77. The highest BCUT2D eigenvalue weighted by atomic mass is 16.5. The van der Waals surface area contributed by atoms with Crippen LogP contribution in [0.1, 0.15) is 18.4 Å². The molecule has 1 aliphatic heterocycles. The van der Waals surface area contributed by atoms with Crippen LogP contribution in [0.15, 0.2) is 30.3 Å². The van der Waals surface area contributed by atoms with E-state index in [-0.39, 0.29) is 0 Å². The lowest BCUT2D eigenvalue weighted by atomic mass is 9.95. The van der Waals surface area contributed by atoms with Crippen molar-refractivity contribution in [2.45, 2.75) is 24.9 Å². The first-order valence-corrected chi connectivity index (χ1v) is 6.61. The number of carbonyl (C=O) groups is 2. The molecule has 0 unspecified atom stereocenters. The van der Waals surface area contributed by atoms with Gasteiger partial charge < -0.3 is 9.47 Å². The van der Waals surface area contributed by atoms with Gasteiger partial charge in [-0.25, -0.2) is 9.59 Å². The van der Waals surface area contributed by atoms with Crippen LogP contribution >= 0.6 is 0 Å². The molecule has 108 valence electrons. The Morgan fingerprint density at radius 2 is 1.75 bits per heavy atom. The van der Waals surface area contributed by atoms with Crippen molar-refractivity contribution in [1.82, 2.24) is 4.90 Å². The third kappa shape index (κ3) is 2.41. The molecular weight excluding hydrogens is 258 g/mol. The number of rotatable bonds is 4. The fourth-order valence-corrected chi connectivity index (χ4v) is 2.78. The third-order valence-electron chi connectivity index (χ3n) is 3.77. The van der Waals surface area contributed by atoms with Crippen molar-refractivity contribution >= 4 is 11.9 Å². The summed E-state index contributed by atoms with van der Waals surface area (Å²) in [5.41, 5.74) is -0.258. The van der Waals surface area contributed by atoms with Gasteiger partial charge in [-0.2, -0.15) is 0 Å². The van der Waals surface area contributed by atoms with Crippen molar-refractivity contribution in [3.8, 4) is 0 Å². The molecule has 20 heavy (non-hydrogen) atoms. The van der Waals surface area contributed by atoms with E-state index < -0.39 is 17.5 Å². The minimum atomic E-state index is -1.31. The van der Waals surface area contributed by atoms with Crippen LogP contribution in [-0.2, 0) is 25.6 Å². The predicted octanol–water partition coefficient (Wildman–Crippen LogP) is 1.37. The van der Waals surface area contributed by atoms with Crippen LogP contribution in [0, 0.1) is 0 Å². The first-order chi connectivity index (χ1) is 9.65. The summed E-state index contributed by atoms with van der Waals surface area (Å²) in [6.45, 7) is 1.18. The lowest BCUT2D eigenvalue weighted by Gasteiger charge is -2.33. The Bertz CT molecular complexity index is 470. The maximum atomic E-state index is 12.2. The van der Waals surface area contributed by atoms with Crippen LogP contribution in [0.4, 0.5) is 0 Å². The molecule has 5 heteroatoms. The second-order valence-corrected chi connectivity index (χ2v) is 4.85. The quantitative estimate of drug-likeness (QED) is 0.614. The Kier molecular flexibility index (Phi) is 4.39. The number of methoxy groups -OCH3 is 2. The number of ether oxygens (including phenoxy) is 2. The van der Waals surface area contributed by atoms with Crippen molar-refractivity contribution in [1.29, 1.82) is 0 Å². The number of esters is 2. The fraction of sp³-hybridized carbons (Fsp3) is 0.467. The number of likely N-dealkylation sites (tertiary alicyclic amines) is 1. The van der Waals surface area contributed by atoms with Crippen molar-refractivity contribution in [3.05, 3.63) is 35.9 Å². The van der Waals surface area contributed by atoms with Gasteiger partial charge in [0.15, 0.2) is 0 Å². The van der Waals surface area contributed by atoms with Crippen LogP contribution in [-0.4, -0.2) is 43.1 Å². The van der Waals surface area contributed by atoms with Gasteiger partial charge in [-0.1, -0.05) is 30.3 Å². The highest BCUT2D eigenvalue weighted by Gasteiger charge is 2.55. The number of hydrogen-bond acceptors (Lipinski definition) is 5. The van der Waals surface area contributed by atoms with E-state index in [0.29, 0.717) is 19.5 Å². The summed E-state index contributed by atoms with van der Waals surface area (Å²) >= 11 is 0. The number of carbonyl (C=O) groups excluding carboxylic acids is 2. The summed E-state index contributed by atoms with van der Waals surface area (Å²) in [7, 11) is 2.60. The Morgan fingerprint density at radius 1 is 1.15 bits per heavy atom. The van der Waals surface area contributed by atoms with Crippen molar-refractivity contribution in [3.63, 3.8) is 0 Å².